The topological polar surface area (TPSA) is 47.4 Å². The second kappa shape index (κ2) is 5.41. The van der Waals surface area contributed by atoms with Crippen LogP contribution >= 0.6 is 11.3 Å². The SMILES string of the molecule is COC(=O)c1cc(-c2cnn3c2C=CN(C(F)(F)F)C3)c(C)s1. The lowest BCUT2D eigenvalue weighted by Gasteiger charge is -2.26. The zero-order chi connectivity index (χ0) is 16.8. The number of carbonyl (C=O) groups is 1. The monoisotopic (exact) mass is 343 g/mol. The third-order valence-electron chi connectivity index (χ3n) is 3.50. The normalized spacial score (nSPS) is 14.0. The molecule has 122 valence electrons. The van der Waals surface area contributed by atoms with Crippen molar-refractivity contribution in [2.45, 2.75) is 19.9 Å². The van der Waals surface area contributed by atoms with Crippen molar-refractivity contribution in [2.24, 2.45) is 0 Å². The fourth-order valence-electron chi connectivity index (χ4n) is 2.36. The number of hydrogen-bond acceptors (Lipinski definition) is 5. The Labute approximate surface area is 133 Å². The number of aryl methyl sites for hydroxylation is 1. The van der Waals surface area contributed by atoms with Crippen LogP contribution in [0.5, 0.6) is 0 Å². The average Bonchev–Trinajstić information content (AvgIpc) is 3.08. The summed E-state index contributed by atoms with van der Waals surface area (Å²) in [5.74, 6) is -0.441. The molecule has 23 heavy (non-hydrogen) atoms. The van der Waals surface area contributed by atoms with E-state index >= 15 is 0 Å². The van der Waals surface area contributed by atoms with Gasteiger partial charge in [0, 0.05) is 16.6 Å². The van der Waals surface area contributed by atoms with Gasteiger partial charge in [-0.2, -0.15) is 18.3 Å². The minimum atomic E-state index is -4.45. The quantitative estimate of drug-likeness (QED) is 0.619. The Bertz CT molecular complexity index is 792. The van der Waals surface area contributed by atoms with Crippen LogP contribution in [0.3, 0.4) is 0 Å². The summed E-state index contributed by atoms with van der Waals surface area (Å²) in [6, 6.07) is 1.67. The van der Waals surface area contributed by atoms with Gasteiger partial charge in [0.25, 0.3) is 0 Å². The number of fused-ring (bicyclic) bond motifs is 1. The Morgan fingerprint density at radius 1 is 1.39 bits per heavy atom. The smallest absolute Gasteiger partial charge is 0.465 e. The second-order valence-corrected chi connectivity index (χ2v) is 6.17. The highest BCUT2D eigenvalue weighted by Gasteiger charge is 2.37. The van der Waals surface area contributed by atoms with Crippen LogP contribution in [0.2, 0.25) is 0 Å². The molecule has 2 aromatic heterocycles. The van der Waals surface area contributed by atoms with Gasteiger partial charge in [-0.3, -0.25) is 4.90 Å². The minimum absolute atomic E-state index is 0.247. The fourth-order valence-corrected chi connectivity index (χ4v) is 3.31. The molecular weight excluding hydrogens is 331 g/mol. The number of ether oxygens (including phenoxy) is 1. The molecule has 3 rings (SSSR count). The van der Waals surface area contributed by atoms with Crippen LogP contribution in [0.25, 0.3) is 17.2 Å². The molecule has 1 aliphatic rings. The van der Waals surface area contributed by atoms with E-state index in [-0.39, 0.29) is 4.90 Å². The van der Waals surface area contributed by atoms with Crippen molar-refractivity contribution in [2.75, 3.05) is 7.11 Å². The predicted molar refractivity (Wildman–Crippen MR) is 78.5 cm³/mol. The summed E-state index contributed by atoms with van der Waals surface area (Å²) in [5, 5.41) is 4.02. The number of carbonyl (C=O) groups excluding carboxylic acids is 1. The van der Waals surface area contributed by atoms with E-state index in [4.69, 9.17) is 4.74 Å². The summed E-state index contributed by atoms with van der Waals surface area (Å²) < 4.78 is 44.2. The van der Waals surface area contributed by atoms with Crippen LogP contribution in [-0.4, -0.2) is 34.1 Å². The number of thiophene rings is 1. The third-order valence-corrected chi connectivity index (χ3v) is 4.53. The van der Waals surface area contributed by atoms with Crippen molar-refractivity contribution in [1.82, 2.24) is 14.7 Å². The molecule has 0 radical (unpaired) electrons. The Morgan fingerprint density at radius 3 is 2.78 bits per heavy atom. The van der Waals surface area contributed by atoms with Gasteiger partial charge >= 0.3 is 12.3 Å². The minimum Gasteiger partial charge on any atom is -0.465 e. The van der Waals surface area contributed by atoms with Gasteiger partial charge in [0.05, 0.1) is 19.0 Å². The molecule has 0 saturated carbocycles. The lowest BCUT2D eigenvalue weighted by molar-refractivity contribution is -0.237. The van der Waals surface area contributed by atoms with Gasteiger partial charge in [0.2, 0.25) is 0 Å². The van der Waals surface area contributed by atoms with E-state index in [1.165, 1.54) is 35.4 Å². The van der Waals surface area contributed by atoms with E-state index in [1.807, 2.05) is 6.92 Å². The van der Waals surface area contributed by atoms with Gasteiger partial charge in [-0.25, -0.2) is 9.48 Å². The molecule has 0 amide bonds. The summed E-state index contributed by atoms with van der Waals surface area (Å²) in [6.07, 6.45) is -0.579. The van der Waals surface area contributed by atoms with E-state index in [2.05, 4.69) is 5.10 Å². The molecule has 0 spiro atoms. The van der Waals surface area contributed by atoms with Gasteiger partial charge in [-0.15, -0.1) is 11.3 Å². The predicted octanol–water partition coefficient (Wildman–Crippen LogP) is 3.47. The first-order valence-electron chi connectivity index (χ1n) is 6.58. The molecule has 9 heteroatoms. The van der Waals surface area contributed by atoms with Crippen molar-refractivity contribution in [3.63, 3.8) is 0 Å². The number of halogens is 3. The number of nitrogens with zero attached hydrogens (tertiary/aromatic N) is 3. The molecule has 0 aliphatic carbocycles. The Hall–Kier alpha value is -2.29. The van der Waals surface area contributed by atoms with Crippen LogP contribution in [0, 0.1) is 6.92 Å². The molecule has 0 unspecified atom stereocenters. The summed E-state index contributed by atoms with van der Waals surface area (Å²) in [5.41, 5.74) is 2.02. The number of rotatable bonds is 2. The zero-order valence-corrected chi connectivity index (χ0v) is 13.0. The van der Waals surface area contributed by atoms with E-state index < -0.39 is 18.9 Å². The highest BCUT2D eigenvalue weighted by atomic mass is 32.1. The molecule has 1 aliphatic heterocycles. The van der Waals surface area contributed by atoms with Crippen LogP contribution in [0.4, 0.5) is 13.2 Å². The van der Waals surface area contributed by atoms with Crippen molar-refractivity contribution in [1.29, 1.82) is 0 Å². The lowest BCUT2D eigenvalue weighted by atomic mass is 10.1. The first-order valence-corrected chi connectivity index (χ1v) is 7.39. The Kier molecular flexibility index (Phi) is 3.67. The van der Waals surface area contributed by atoms with Crippen LogP contribution in [-0.2, 0) is 11.4 Å². The number of hydrogen-bond donors (Lipinski definition) is 0. The Balaban J connectivity index is 1.98. The molecule has 0 saturated heterocycles. The van der Waals surface area contributed by atoms with E-state index in [1.54, 1.807) is 6.07 Å². The molecule has 3 heterocycles. The van der Waals surface area contributed by atoms with Crippen molar-refractivity contribution in [3.05, 3.63) is 33.9 Å². The third kappa shape index (κ3) is 2.72. The second-order valence-electron chi connectivity index (χ2n) is 4.91. The van der Waals surface area contributed by atoms with E-state index in [0.717, 1.165) is 16.6 Å². The van der Waals surface area contributed by atoms with Gasteiger partial charge in [-0.1, -0.05) is 0 Å². The van der Waals surface area contributed by atoms with E-state index in [0.29, 0.717) is 16.1 Å². The standard InChI is InChI=1S/C14H12F3N3O2S/c1-8-9(5-12(23-8)13(21)22-2)10-6-18-20-7-19(14(15,16)17)4-3-11(10)20/h3-6H,7H2,1-2H3. The molecule has 0 N–H and O–H groups in total. The van der Waals surface area contributed by atoms with Crippen molar-refractivity contribution in [3.8, 4) is 11.1 Å². The molecular formula is C14H12F3N3O2S. The summed E-state index contributed by atoms with van der Waals surface area (Å²) in [6.45, 7) is 1.44. The highest BCUT2D eigenvalue weighted by molar-refractivity contribution is 7.14. The maximum Gasteiger partial charge on any atom is 0.485 e. The van der Waals surface area contributed by atoms with Crippen molar-refractivity contribution >= 4 is 23.4 Å². The number of esters is 1. The maximum atomic E-state index is 12.7. The molecule has 2 aromatic rings. The van der Waals surface area contributed by atoms with Crippen LogP contribution in [0.15, 0.2) is 18.5 Å². The van der Waals surface area contributed by atoms with Gasteiger partial charge in [-0.05, 0) is 24.6 Å². The summed E-state index contributed by atoms with van der Waals surface area (Å²) in [4.78, 5) is 13.2. The number of aromatic nitrogens is 2. The van der Waals surface area contributed by atoms with Gasteiger partial charge < -0.3 is 4.74 Å². The molecule has 0 bridgehead atoms. The number of methoxy groups -OCH3 is 1. The maximum absolute atomic E-state index is 12.7. The summed E-state index contributed by atoms with van der Waals surface area (Å²) >= 11 is 1.27. The largest absolute Gasteiger partial charge is 0.485 e. The Morgan fingerprint density at radius 2 is 2.13 bits per heavy atom. The summed E-state index contributed by atoms with van der Waals surface area (Å²) in [7, 11) is 1.30. The van der Waals surface area contributed by atoms with Crippen LogP contribution in [0.1, 0.15) is 20.2 Å². The van der Waals surface area contributed by atoms with Gasteiger partial charge in [0.1, 0.15) is 11.5 Å². The molecule has 5 nitrogen and oxygen atoms in total. The average molecular weight is 343 g/mol. The highest BCUT2D eigenvalue weighted by Crippen LogP contribution is 2.36. The first kappa shape index (κ1) is 15.6. The van der Waals surface area contributed by atoms with E-state index in [9.17, 15) is 18.0 Å². The number of alkyl halides is 3. The van der Waals surface area contributed by atoms with Crippen LogP contribution < -0.4 is 0 Å². The molecule has 0 aromatic carbocycles. The van der Waals surface area contributed by atoms with Crippen molar-refractivity contribution < 1.29 is 22.7 Å². The molecule has 0 fully saturated rings. The van der Waals surface area contributed by atoms with Gasteiger partial charge in [0.15, 0.2) is 0 Å². The first-order chi connectivity index (χ1) is 10.8. The fraction of sp³-hybridized carbons (Fsp3) is 0.286. The lowest BCUT2D eigenvalue weighted by Crippen LogP contribution is -2.37. The molecule has 0 atom stereocenters. The zero-order valence-electron chi connectivity index (χ0n) is 12.2.